The van der Waals surface area contributed by atoms with Gasteiger partial charge in [0.1, 0.15) is 5.01 Å². The van der Waals surface area contributed by atoms with E-state index in [4.69, 9.17) is 0 Å². The number of hydrogen-bond acceptors (Lipinski definition) is 5. The summed E-state index contributed by atoms with van der Waals surface area (Å²) in [4.78, 5) is 25.5. The van der Waals surface area contributed by atoms with Gasteiger partial charge in [-0.05, 0) is 37.6 Å². The van der Waals surface area contributed by atoms with E-state index in [1.54, 1.807) is 29.2 Å². The molecule has 2 amide bonds. The Morgan fingerprint density at radius 3 is 2.62 bits per heavy atom. The van der Waals surface area contributed by atoms with Gasteiger partial charge in [0.2, 0.25) is 11.0 Å². The Labute approximate surface area is 125 Å². The number of amides is 2. The van der Waals surface area contributed by atoms with Gasteiger partial charge in [0.25, 0.3) is 5.91 Å². The molecule has 1 aromatic heterocycles. The molecular formula is C14H14N4O2S. The Balaban J connectivity index is 1.71. The van der Waals surface area contributed by atoms with Crippen LogP contribution in [0.1, 0.15) is 28.2 Å². The second-order valence-electron chi connectivity index (χ2n) is 4.78. The highest BCUT2D eigenvalue weighted by molar-refractivity contribution is 7.15. The van der Waals surface area contributed by atoms with Gasteiger partial charge >= 0.3 is 0 Å². The quantitative estimate of drug-likeness (QED) is 0.943. The third-order valence-electron chi connectivity index (χ3n) is 3.26. The maximum atomic E-state index is 12.1. The number of carbonyl (C=O) groups is 2. The van der Waals surface area contributed by atoms with Crippen LogP contribution in [0.15, 0.2) is 24.3 Å². The number of anilines is 2. The van der Waals surface area contributed by atoms with E-state index in [1.165, 1.54) is 11.3 Å². The fourth-order valence-corrected chi connectivity index (χ4v) is 2.82. The molecule has 7 heteroatoms. The molecule has 0 radical (unpaired) electrons. The molecule has 0 bridgehead atoms. The molecule has 2 heterocycles. The van der Waals surface area contributed by atoms with Crippen molar-refractivity contribution in [2.24, 2.45) is 0 Å². The van der Waals surface area contributed by atoms with Crippen LogP contribution in [-0.4, -0.2) is 28.6 Å². The number of benzene rings is 1. The normalized spacial score (nSPS) is 14.5. The lowest BCUT2D eigenvalue weighted by atomic mass is 10.2. The van der Waals surface area contributed by atoms with E-state index < -0.39 is 0 Å². The van der Waals surface area contributed by atoms with Crippen LogP contribution < -0.4 is 10.2 Å². The molecule has 0 saturated carbocycles. The van der Waals surface area contributed by atoms with E-state index in [-0.39, 0.29) is 11.8 Å². The third-order valence-corrected chi connectivity index (χ3v) is 4.02. The predicted octanol–water partition coefficient (Wildman–Crippen LogP) is 2.23. The monoisotopic (exact) mass is 302 g/mol. The van der Waals surface area contributed by atoms with Crippen molar-refractivity contribution in [3.63, 3.8) is 0 Å². The van der Waals surface area contributed by atoms with Crippen LogP contribution in [0.5, 0.6) is 0 Å². The summed E-state index contributed by atoms with van der Waals surface area (Å²) in [6.45, 7) is 2.57. The average molecular weight is 302 g/mol. The van der Waals surface area contributed by atoms with Crippen LogP contribution in [0.3, 0.4) is 0 Å². The van der Waals surface area contributed by atoms with Crippen LogP contribution in [0.25, 0.3) is 0 Å². The minimum Gasteiger partial charge on any atom is -0.312 e. The highest BCUT2D eigenvalue weighted by Gasteiger charge is 2.21. The molecule has 0 unspecified atom stereocenters. The van der Waals surface area contributed by atoms with Gasteiger partial charge in [0.15, 0.2) is 0 Å². The number of nitrogens with one attached hydrogen (secondary N) is 1. The molecule has 6 nitrogen and oxygen atoms in total. The van der Waals surface area contributed by atoms with Crippen LogP contribution in [0.2, 0.25) is 0 Å². The lowest BCUT2D eigenvalue weighted by Gasteiger charge is -2.15. The van der Waals surface area contributed by atoms with Gasteiger partial charge in [-0.25, -0.2) is 0 Å². The van der Waals surface area contributed by atoms with E-state index >= 15 is 0 Å². The van der Waals surface area contributed by atoms with Crippen molar-refractivity contribution < 1.29 is 9.59 Å². The Morgan fingerprint density at radius 1 is 1.29 bits per heavy atom. The second-order valence-corrected chi connectivity index (χ2v) is 5.96. The van der Waals surface area contributed by atoms with Crippen molar-refractivity contribution in [2.45, 2.75) is 19.8 Å². The summed E-state index contributed by atoms with van der Waals surface area (Å²) in [5.74, 6) is -0.0954. The molecule has 0 aliphatic carbocycles. The molecule has 1 saturated heterocycles. The number of carbonyl (C=O) groups excluding carboxylic acids is 2. The number of nitrogens with zero attached hydrogens (tertiary/aromatic N) is 3. The number of aromatic nitrogens is 2. The number of rotatable bonds is 3. The molecule has 3 rings (SSSR count). The van der Waals surface area contributed by atoms with Crippen LogP contribution >= 0.6 is 11.3 Å². The van der Waals surface area contributed by atoms with Crippen molar-refractivity contribution >= 4 is 34.0 Å². The minimum absolute atomic E-state index is 0.136. The van der Waals surface area contributed by atoms with E-state index in [0.29, 0.717) is 17.1 Å². The largest absolute Gasteiger partial charge is 0.312 e. The molecule has 1 fully saturated rings. The molecule has 2 aromatic rings. The summed E-state index contributed by atoms with van der Waals surface area (Å²) < 4.78 is 0. The van der Waals surface area contributed by atoms with Gasteiger partial charge in [-0.15, -0.1) is 10.2 Å². The van der Waals surface area contributed by atoms with Gasteiger partial charge in [-0.3, -0.25) is 14.9 Å². The van der Waals surface area contributed by atoms with Crippen molar-refractivity contribution in [3.05, 3.63) is 34.8 Å². The first-order chi connectivity index (χ1) is 10.1. The second kappa shape index (κ2) is 5.61. The minimum atomic E-state index is -0.231. The van der Waals surface area contributed by atoms with E-state index in [1.807, 2.05) is 6.92 Å². The summed E-state index contributed by atoms with van der Waals surface area (Å²) in [5, 5.41) is 11.7. The molecule has 1 aliphatic heterocycles. The Kier molecular flexibility index (Phi) is 3.66. The van der Waals surface area contributed by atoms with Crippen LogP contribution in [0, 0.1) is 6.92 Å². The molecule has 1 aromatic carbocycles. The zero-order valence-corrected chi connectivity index (χ0v) is 12.3. The lowest BCUT2D eigenvalue weighted by molar-refractivity contribution is -0.117. The zero-order valence-electron chi connectivity index (χ0n) is 11.5. The van der Waals surface area contributed by atoms with Crippen molar-refractivity contribution in [2.75, 3.05) is 16.8 Å². The molecule has 21 heavy (non-hydrogen) atoms. The lowest BCUT2D eigenvalue weighted by Crippen LogP contribution is -2.23. The Bertz CT molecular complexity index is 681. The molecular weight excluding hydrogens is 288 g/mol. The van der Waals surface area contributed by atoms with Gasteiger partial charge < -0.3 is 4.90 Å². The fourth-order valence-electron chi connectivity index (χ4n) is 2.23. The summed E-state index contributed by atoms with van der Waals surface area (Å²) in [6.07, 6.45) is 1.48. The topological polar surface area (TPSA) is 75.2 Å². The summed E-state index contributed by atoms with van der Waals surface area (Å²) in [6, 6.07) is 7.02. The highest BCUT2D eigenvalue weighted by Crippen LogP contribution is 2.22. The molecule has 1 aliphatic rings. The maximum absolute atomic E-state index is 12.1. The highest BCUT2D eigenvalue weighted by atomic mass is 32.1. The van der Waals surface area contributed by atoms with E-state index in [9.17, 15) is 9.59 Å². The van der Waals surface area contributed by atoms with Gasteiger partial charge in [0, 0.05) is 24.2 Å². The van der Waals surface area contributed by atoms with Crippen molar-refractivity contribution in [3.8, 4) is 0 Å². The first-order valence-electron chi connectivity index (χ1n) is 6.65. The van der Waals surface area contributed by atoms with E-state index in [2.05, 4.69) is 15.5 Å². The zero-order chi connectivity index (χ0) is 14.8. The standard InChI is InChI=1S/C14H14N4O2S/c1-9-16-17-14(21-9)15-13(20)10-4-6-11(7-5-10)18-8-2-3-12(18)19/h4-7H,2-3,8H2,1H3,(H,15,17,20). The SMILES string of the molecule is Cc1nnc(NC(=O)c2ccc(N3CCCC3=O)cc2)s1. The fraction of sp³-hybridized carbons (Fsp3) is 0.286. The summed E-state index contributed by atoms with van der Waals surface area (Å²) in [5.41, 5.74) is 1.36. The van der Waals surface area contributed by atoms with Gasteiger partial charge in [-0.2, -0.15) is 0 Å². The van der Waals surface area contributed by atoms with Crippen LogP contribution in [0.4, 0.5) is 10.8 Å². The average Bonchev–Trinajstić information content (AvgIpc) is 3.08. The first-order valence-corrected chi connectivity index (χ1v) is 7.47. The Hall–Kier alpha value is -2.28. The Morgan fingerprint density at radius 2 is 2.05 bits per heavy atom. The first kappa shape index (κ1) is 13.7. The van der Waals surface area contributed by atoms with Crippen molar-refractivity contribution in [1.82, 2.24) is 10.2 Å². The summed E-state index contributed by atoms with van der Waals surface area (Å²) in [7, 11) is 0. The molecule has 1 N–H and O–H groups in total. The predicted molar refractivity (Wildman–Crippen MR) is 80.6 cm³/mol. The maximum Gasteiger partial charge on any atom is 0.257 e. The molecule has 108 valence electrons. The van der Waals surface area contributed by atoms with Crippen molar-refractivity contribution in [1.29, 1.82) is 0 Å². The number of hydrogen-bond donors (Lipinski definition) is 1. The molecule has 0 atom stereocenters. The summed E-state index contributed by atoms with van der Waals surface area (Å²) >= 11 is 1.33. The number of aryl methyl sites for hydroxylation is 1. The van der Waals surface area contributed by atoms with Gasteiger partial charge in [-0.1, -0.05) is 11.3 Å². The van der Waals surface area contributed by atoms with Crippen LogP contribution in [-0.2, 0) is 4.79 Å². The molecule has 0 spiro atoms. The van der Waals surface area contributed by atoms with E-state index in [0.717, 1.165) is 23.7 Å². The smallest absolute Gasteiger partial charge is 0.257 e. The third kappa shape index (κ3) is 2.92. The van der Waals surface area contributed by atoms with Gasteiger partial charge in [0.05, 0.1) is 0 Å².